The molecule has 6 nitrogen and oxygen atoms in total. The van der Waals surface area contributed by atoms with Gasteiger partial charge in [-0.2, -0.15) is 4.31 Å². The molecule has 1 aliphatic rings. The molecule has 7 heteroatoms. The minimum Gasteiger partial charge on any atom is -0.322 e. The van der Waals surface area contributed by atoms with E-state index in [1.807, 2.05) is 50.2 Å². The van der Waals surface area contributed by atoms with Crippen molar-refractivity contribution in [3.05, 3.63) is 59.7 Å². The fourth-order valence-corrected chi connectivity index (χ4v) is 4.63. The Hall–Kier alpha value is -2.38. The molecule has 0 saturated carbocycles. The Morgan fingerprint density at radius 2 is 1.56 bits per heavy atom. The van der Waals surface area contributed by atoms with Crippen LogP contribution in [0.1, 0.15) is 11.1 Å². The summed E-state index contributed by atoms with van der Waals surface area (Å²) in [7, 11) is -1.81. The molecule has 0 bridgehead atoms. The van der Waals surface area contributed by atoms with Gasteiger partial charge in [-0.1, -0.05) is 24.3 Å². The summed E-state index contributed by atoms with van der Waals surface area (Å²) >= 11 is 0. The van der Waals surface area contributed by atoms with Crippen molar-refractivity contribution in [3.8, 4) is 0 Å². The van der Waals surface area contributed by atoms with Crippen molar-refractivity contribution in [1.29, 1.82) is 0 Å². The Morgan fingerprint density at radius 1 is 0.926 bits per heavy atom. The summed E-state index contributed by atoms with van der Waals surface area (Å²) in [6, 6.07) is 14.5. The van der Waals surface area contributed by atoms with Crippen LogP contribution in [0.5, 0.6) is 0 Å². The number of carbonyl (C=O) groups is 1. The van der Waals surface area contributed by atoms with Gasteiger partial charge in [0, 0.05) is 38.9 Å². The van der Waals surface area contributed by atoms with Gasteiger partial charge >= 0.3 is 6.03 Å². The van der Waals surface area contributed by atoms with Gasteiger partial charge in [-0.3, -0.25) is 4.90 Å². The second kappa shape index (κ2) is 7.70. The highest BCUT2D eigenvalue weighted by molar-refractivity contribution is 7.89. The summed E-state index contributed by atoms with van der Waals surface area (Å²) < 4.78 is 27.3. The Bertz CT molecular complexity index is 921. The number of rotatable bonds is 3. The van der Waals surface area contributed by atoms with E-state index in [0.717, 1.165) is 16.8 Å². The van der Waals surface area contributed by atoms with Gasteiger partial charge in [0.25, 0.3) is 0 Å². The summed E-state index contributed by atoms with van der Waals surface area (Å²) in [5.74, 6) is 0. The first-order valence-corrected chi connectivity index (χ1v) is 10.4. The number of sulfonamides is 1. The highest BCUT2D eigenvalue weighted by Crippen LogP contribution is 2.21. The molecule has 1 saturated heterocycles. The fraction of sp³-hybridized carbons (Fsp3) is 0.350. The molecule has 1 fully saturated rings. The topological polar surface area (TPSA) is 60.9 Å². The van der Waals surface area contributed by atoms with Crippen LogP contribution in [-0.2, 0) is 10.0 Å². The molecule has 0 aromatic heterocycles. The maximum Gasteiger partial charge on any atom is 0.324 e. The first-order valence-electron chi connectivity index (χ1n) is 8.96. The molecule has 0 unspecified atom stereocenters. The molecule has 27 heavy (non-hydrogen) atoms. The van der Waals surface area contributed by atoms with E-state index >= 15 is 0 Å². The summed E-state index contributed by atoms with van der Waals surface area (Å²) in [6.07, 6.45) is 0. The lowest BCUT2D eigenvalue weighted by Crippen LogP contribution is -2.53. The SMILES string of the molecule is Cc1ccc(S(=O)(=O)N2CCN(C(=O)N(C)c3ccccc3)CC2)cc1C. The lowest BCUT2D eigenvalue weighted by molar-refractivity contribution is 0.179. The highest BCUT2D eigenvalue weighted by Gasteiger charge is 2.31. The molecular formula is C20H25N3O3S. The minimum absolute atomic E-state index is 0.121. The number of para-hydroxylation sites is 1. The number of amides is 2. The van der Waals surface area contributed by atoms with E-state index in [1.54, 1.807) is 29.0 Å². The largest absolute Gasteiger partial charge is 0.324 e. The van der Waals surface area contributed by atoms with Gasteiger partial charge in [-0.15, -0.1) is 0 Å². The molecule has 1 aliphatic heterocycles. The number of nitrogens with zero attached hydrogens (tertiary/aromatic N) is 3. The number of benzene rings is 2. The summed E-state index contributed by atoms with van der Waals surface area (Å²) in [4.78, 5) is 16.3. The second-order valence-electron chi connectivity index (χ2n) is 6.81. The molecule has 2 aromatic rings. The van der Waals surface area contributed by atoms with Crippen molar-refractivity contribution in [3.63, 3.8) is 0 Å². The molecule has 144 valence electrons. The van der Waals surface area contributed by atoms with E-state index in [-0.39, 0.29) is 6.03 Å². The molecule has 0 radical (unpaired) electrons. The average Bonchev–Trinajstić information content (AvgIpc) is 2.69. The van der Waals surface area contributed by atoms with Crippen LogP contribution < -0.4 is 4.90 Å². The van der Waals surface area contributed by atoms with E-state index < -0.39 is 10.0 Å². The Kier molecular flexibility index (Phi) is 5.53. The summed E-state index contributed by atoms with van der Waals surface area (Å²) in [5, 5.41) is 0. The molecular weight excluding hydrogens is 362 g/mol. The molecule has 0 atom stereocenters. The van der Waals surface area contributed by atoms with Crippen LogP contribution in [0.25, 0.3) is 0 Å². The third kappa shape index (κ3) is 3.99. The van der Waals surface area contributed by atoms with Gasteiger partial charge < -0.3 is 4.90 Å². The first kappa shape index (κ1) is 19.4. The van der Waals surface area contributed by atoms with E-state index in [4.69, 9.17) is 0 Å². The van der Waals surface area contributed by atoms with Crippen LogP contribution in [0, 0.1) is 13.8 Å². The van der Waals surface area contributed by atoms with Gasteiger partial charge in [0.1, 0.15) is 0 Å². The molecule has 0 N–H and O–H groups in total. The second-order valence-corrected chi connectivity index (χ2v) is 8.75. The Labute approximate surface area is 161 Å². The number of hydrogen-bond donors (Lipinski definition) is 0. The van der Waals surface area contributed by atoms with Gasteiger partial charge in [-0.25, -0.2) is 13.2 Å². The Balaban J connectivity index is 1.67. The molecule has 1 heterocycles. The van der Waals surface area contributed by atoms with Crippen LogP contribution in [-0.4, -0.2) is 56.9 Å². The smallest absolute Gasteiger partial charge is 0.322 e. The number of urea groups is 1. The van der Waals surface area contributed by atoms with Crippen LogP contribution >= 0.6 is 0 Å². The molecule has 0 spiro atoms. The van der Waals surface area contributed by atoms with Crippen molar-refractivity contribution < 1.29 is 13.2 Å². The standard InChI is InChI=1S/C20H25N3O3S/c1-16-9-10-19(15-17(16)2)27(25,26)23-13-11-22(12-14-23)20(24)21(3)18-7-5-4-6-8-18/h4-10,15H,11-14H2,1-3H3. The zero-order chi connectivity index (χ0) is 19.6. The number of anilines is 1. The van der Waals surface area contributed by atoms with Crippen molar-refractivity contribution in [1.82, 2.24) is 9.21 Å². The fourth-order valence-electron chi connectivity index (χ4n) is 3.12. The van der Waals surface area contributed by atoms with Crippen molar-refractivity contribution in [2.45, 2.75) is 18.7 Å². The summed E-state index contributed by atoms with van der Waals surface area (Å²) in [6.45, 7) is 5.21. The van der Waals surface area contributed by atoms with Gasteiger partial charge in [0.2, 0.25) is 10.0 Å². The predicted octanol–water partition coefficient (Wildman–Crippen LogP) is 2.87. The van der Waals surface area contributed by atoms with Gasteiger partial charge in [-0.05, 0) is 49.2 Å². The van der Waals surface area contributed by atoms with Crippen molar-refractivity contribution >= 4 is 21.7 Å². The zero-order valence-electron chi connectivity index (χ0n) is 15.9. The van der Waals surface area contributed by atoms with E-state index in [2.05, 4.69) is 0 Å². The number of carbonyl (C=O) groups excluding carboxylic acids is 1. The van der Waals surface area contributed by atoms with Gasteiger partial charge in [0.15, 0.2) is 0 Å². The maximum absolute atomic E-state index is 12.9. The molecule has 2 amide bonds. The molecule has 3 rings (SSSR count). The first-order chi connectivity index (χ1) is 12.8. The van der Waals surface area contributed by atoms with Crippen LogP contribution in [0.2, 0.25) is 0 Å². The van der Waals surface area contributed by atoms with Crippen molar-refractivity contribution in [2.24, 2.45) is 0 Å². The summed E-state index contributed by atoms with van der Waals surface area (Å²) in [5.41, 5.74) is 2.83. The highest BCUT2D eigenvalue weighted by atomic mass is 32.2. The van der Waals surface area contributed by atoms with Crippen LogP contribution in [0.3, 0.4) is 0 Å². The maximum atomic E-state index is 12.9. The van der Waals surface area contributed by atoms with E-state index in [0.29, 0.717) is 31.1 Å². The van der Waals surface area contributed by atoms with Crippen molar-refractivity contribution in [2.75, 3.05) is 38.1 Å². The number of hydrogen-bond acceptors (Lipinski definition) is 3. The third-order valence-electron chi connectivity index (χ3n) is 5.06. The number of aryl methyl sites for hydroxylation is 2. The minimum atomic E-state index is -3.54. The monoisotopic (exact) mass is 387 g/mol. The zero-order valence-corrected chi connectivity index (χ0v) is 16.7. The Morgan fingerprint density at radius 3 is 2.15 bits per heavy atom. The van der Waals surface area contributed by atoms with E-state index in [1.165, 1.54) is 4.31 Å². The lowest BCUT2D eigenvalue weighted by atomic mass is 10.1. The van der Waals surface area contributed by atoms with Crippen LogP contribution in [0.15, 0.2) is 53.4 Å². The van der Waals surface area contributed by atoms with Gasteiger partial charge in [0.05, 0.1) is 4.90 Å². The quantitative estimate of drug-likeness (QED) is 0.814. The lowest BCUT2D eigenvalue weighted by Gasteiger charge is -2.36. The molecule has 0 aliphatic carbocycles. The number of piperazine rings is 1. The average molecular weight is 388 g/mol. The van der Waals surface area contributed by atoms with E-state index in [9.17, 15) is 13.2 Å². The third-order valence-corrected chi connectivity index (χ3v) is 6.95. The predicted molar refractivity (Wildman–Crippen MR) is 106 cm³/mol. The molecule has 2 aromatic carbocycles. The normalized spacial score (nSPS) is 15.6. The van der Waals surface area contributed by atoms with Crippen LogP contribution in [0.4, 0.5) is 10.5 Å².